The van der Waals surface area contributed by atoms with E-state index in [0.29, 0.717) is 13.2 Å². The second kappa shape index (κ2) is 6.21. The number of hydrogen-bond acceptors (Lipinski definition) is 3. The van der Waals surface area contributed by atoms with Gasteiger partial charge < -0.3 is 15.8 Å². The van der Waals surface area contributed by atoms with E-state index >= 15 is 0 Å². The number of amides is 1. The first-order chi connectivity index (χ1) is 8.45. The van der Waals surface area contributed by atoms with Crippen molar-refractivity contribution in [1.29, 1.82) is 0 Å². The van der Waals surface area contributed by atoms with Gasteiger partial charge in [-0.3, -0.25) is 4.79 Å². The number of ether oxygens (including phenoxy) is 1. The van der Waals surface area contributed by atoms with E-state index in [-0.39, 0.29) is 5.91 Å². The quantitative estimate of drug-likeness (QED) is 0.752. The Morgan fingerprint density at radius 3 is 2.78 bits per heavy atom. The third kappa shape index (κ3) is 4.22. The van der Waals surface area contributed by atoms with E-state index in [1.807, 2.05) is 24.3 Å². The number of rotatable bonds is 6. The molecule has 0 unspecified atom stereocenters. The summed E-state index contributed by atoms with van der Waals surface area (Å²) in [5, 5.41) is 2.79. The van der Waals surface area contributed by atoms with Gasteiger partial charge >= 0.3 is 0 Å². The number of nitrogens with two attached hydrogens (primary N) is 1. The highest BCUT2D eigenvalue weighted by molar-refractivity contribution is 5.85. The molecule has 0 aromatic heterocycles. The largest absolute Gasteiger partial charge is 0.489 e. The van der Waals surface area contributed by atoms with Crippen molar-refractivity contribution < 1.29 is 9.53 Å². The number of hydrogen-bond donors (Lipinski definition) is 2. The third-order valence-corrected chi connectivity index (χ3v) is 2.35. The van der Waals surface area contributed by atoms with Crippen LogP contribution >= 0.6 is 0 Å². The number of nitrogens with one attached hydrogen (secondary N) is 1. The Bertz CT molecular complexity index is 422. The number of carbonyl (C=O) groups is 1. The molecule has 1 aromatic rings. The molecule has 3 N–H and O–H groups in total. The molecule has 0 aliphatic heterocycles. The van der Waals surface area contributed by atoms with Gasteiger partial charge in [-0.1, -0.05) is 30.9 Å². The van der Waals surface area contributed by atoms with Crippen molar-refractivity contribution in [1.82, 2.24) is 5.32 Å². The van der Waals surface area contributed by atoms with Gasteiger partial charge in [-0.2, -0.15) is 0 Å². The molecular formula is C14H20N2O2. The zero-order valence-electron chi connectivity index (χ0n) is 10.9. The molecule has 0 aliphatic carbocycles. The molecule has 0 bridgehead atoms. The fourth-order valence-corrected chi connectivity index (χ4v) is 1.34. The molecule has 18 heavy (non-hydrogen) atoms. The van der Waals surface area contributed by atoms with Crippen LogP contribution in [0.5, 0.6) is 5.75 Å². The lowest BCUT2D eigenvalue weighted by Gasteiger charge is -2.18. The van der Waals surface area contributed by atoms with Crippen LogP contribution in [-0.2, 0) is 11.3 Å². The number of carbonyl (C=O) groups excluding carboxylic acids is 1. The van der Waals surface area contributed by atoms with E-state index in [4.69, 9.17) is 10.5 Å². The van der Waals surface area contributed by atoms with Crippen molar-refractivity contribution in [2.75, 3.05) is 6.61 Å². The molecule has 0 heterocycles. The zero-order valence-corrected chi connectivity index (χ0v) is 10.9. The van der Waals surface area contributed by atoms with E-state index < -0.39 is 5.54 Å². The number of benzene rings is 1. The SMILES string of the molecule is C=CCOc1ccccc1CNC(=O)C(C)(C)N. The van der Waals surface area contributed by atoms with Crippen LogP contribution in [0.25, 0.3) is 0 Å². The Morgan fingerprint density at radius 1 is 1.50 bits per heavy atom. The molecule has 4 heteroatoms. The highest BCUT2D eigenvalue weighted by Gasteiger charge is 2.21. The summed E-state index contributed by atoms with van der Waals surface area (Å²) >= 11 is 0. The van der Waals surface area contributed by atoms with Gasteiger partial charge in [0.1, 0.15) is 12.4 Å². The Hall–Kier alpha value is -1.81. The minimum atomic E-state index is -0.878. The standard InChI is InChI=1S/C14H20N2O2/c1-4-9-18-12-8-6-5-7-11(12)10-16-13(17)14(2,3)15/h4-8H,1,9-10,15H2,2-3H3,(H,16,17). The Morgan fingerprint density at radius 2 is 2.17 bits per heavy atom. The maximum absolute atomic E-state index is 11.7. The van der Waals surface area contributed by atoms with Crippen LogP contribution in [0.1, 0.15) is 19.4 Å². The van der Waals surface area contributed by atoms with Gasteiger partial charge in [0.25, 0.3) is 0 Å². The average Bonchev–Trinajstić information content (AvgIpc) is 2.33. The Kier molecular flexibility index (Phi) is 4.92. The molecular weight excluding hydrogens is 228 g/mol. The molecule has 0 saturated heterocycles. The molecule has 0 fully saturated rings. The van der Waals surface area contributed by atoms with E-state index in [1.165, 1.54) is 0 Å². The van der Waals surface area contributed by atoms with Gasteiger partial charge in [0.05, 0.1) is 5.54 Å². The summed E-state index contributed by atoms with van der Waals surface area (Å²) in [5.74, 6) is 0.550. The molecule has 4 nitrogen and oxygen atoms in total. The van der Waals surface area contributed by atoms with Crippen LogP contribution in [0, 0.1) is 0 Å². The minimum Gasteiger partial charge on any atom is -0.489 e. The Balaban J connectivity index is 2.67. The second-order valence-electron chi connectivity index (χ2n) is 4.61. The molecule has 0 aliphatic rings. The van der Waals surface area contributed by atoms with Crippen LogP contribution in [0.3, 0.4) is 0 Å². The summed E-state index contributed by atoms with van der Waals surface area (Å²) in [5.41, 5.74) is 5.74. The molecule has 0 radical (unpaired) electrons. The van der Waals surface area contributed by atoms with Crippen LogP contribution in [0.15, 0.2) is 36.9 Å². The first-order valence-electron chi connectivity index (χ1n) is 5.84. The van der Waals surface area contributed by atoms with E-state index in [9.17, 15) is 4.79 Å². The van der Waals surface area contributed by atoms with Gasteiger partial charge in [-0.15, -0.1) is 0 Å². The summed E-state index contributed by atoms with van der Waals surface area (Å²) in [6.45, 7) is 7.77. The smallest absolute Gasteiger partial charge is 0.239 e. The maximum atomic E-state index is 11.7. The lowest BCUT2D eigenvalue weighted by molar-refractivity contribution is -0.125. The minimum absolute atomic E-state index is 0.193. The van der Waals surface area contributed by atoms with E-state index in [1.54, 1.807) is 19.9 Å². The fraction of sp³-hybridized carbons (Fsp3) is 0.357. The molecule has 98 valence electrons. The summed E-state index contributed by atoms with van der Waals surface area (Å²) in [7, 11) is 0. The first-order valence-corrected chi connectivity index (χ1v) is 5.84. The summed E-state index contributed by atoms with van der Waals surface area (Å²) in [6, 6.07) is 7.55. The van der Waals surface area contributed by atoms with Gasteiger partial charge in [-0.05, 0) is 19.9 Å². The number of para-hydroxylation sites is 1. The fourth-order valence-electron chi connectivity index (χ4n) is 1.34. The van der Waals surface area contributed by atoms with Crippen molar-refractivity contribution in [2.24, 2.45) is 5.73 Å². The van der Waals surface area contributed by atoms with Gasteiger partial charge in [0.2, 0.25) is 5.91 Å². The molecule has 0 spiro atoms. The van der Waals surface area contributed by atoms with Gasteiger partial charge in [0.15, 0.2) is 0 Å². The van der Waals surface area contributed by atoms with Gasteiger partial charge in [-0.25, -0.2) is 0 Å². The van der Waals surface area contributed by atoms with Crippen molar-refractivity contribution in [3.63, 3.8) is 0 Å². The highest BCUT2D eigenvalue weighted by atomic mass is 16.5. The summed E-state index contributed by atoms with van der Waals surface area (Å²) < 4.78 is 5.50. The van der Waals surface area contributed by atoms with Gasteiger partial charge in [0, 0.05) is 12.1 Å². The molecule has 0 saturated carbocycles. The van der Waals surface area contributed by atoms with Crippen LogP contribution in [0.2, 0.25) is 0 Å². The highest BCUT2D eigenvalue weighted by Crippen LogP contribution is 2.17. The van der Waals surface area contributed by atoms with Crippen molar-refractivity contribution in [3.05, 3.63) is 42.5 Å². The third-order valence-electron chi connectivity index (χ3n) is 2.35. The monoisotopic (exact) mass is 248 g/mol. The molecule has 1 aromatic carbocycles. The predicted molar refractivity (Wildman–Crippen MR) is 72.2 cm³/mol. The molecule has 0 atom stereocenters. The van der Waals surface area contributed by atoms with Crippen LogP contribution in [0.4, 0.5) is 0 Å². The van der Waals surface area contributed by atoms with Crippen molar-refractivity contribution >= 4 is 5.91 Å². The molecule has 1 rings (SSSR count). The lowest BCUT2D eigenvalue weighted by Crippen LogP contribution is -2.48. The first kappa shape index (κ1) is 14.3. The normalized spacial score (nSPS) is 10.8. The van der Waals surface area contributed by atoms with E-state index in [0.717, 1.165) is 11.3 Å². The van der Waals surface area contributed by atoms with E-state index in [2.05, 4.69) is 11.9 Å². The summed E-state index contributed by atoms with van der Waals surface area (Å²) in [4.78, 5) is 11.7. The predicted octanol–water partition coefficient (Wildman–Crippen LogP) is 1.60. The summed E-state index contributed by atoms with van der Waals surface area (Å²) in [6.07, 6.45) is 1.68. The molecule has 1 amide bonds. The zero-order chi connectivity index (χ0) is 13.6. The lowest BCUT2D eigenvalue weighted by atomic mass is 10.1. The van der Waals surface area contributed by atoms with Crippen molar-refractivity contribution in [3.8, 4) is 5.75 Å². The topological polar surface area (TPSA) is 64.3 Å². The second-order valence-corrected chi connectivity index (χ2v) is 4.61. The average molecular weight is 248 g/mol. The maximum Gasteiger partial charge on any atom is 0.239 e. The Labute approximate surface area is 108 Å². The van der Waals surface area contributed by atoms with Crippen LogP contribution < -0.4 is 15.8 Å². The van der Waals surface area contributed by atoms with Crippen molar-refractivity contribution in [2.45, 2.75) is 25.9 Å². The van der Waals surface area contributed by atoms with Crippen LogP contribution in [-0.4, -0.2) is 18.1 Å².